The summed E-state index contributed by atoms with van der Waals surface area (Å²) in [5.41, 5.74) is 0.113. The molecule has 0 N–H and O–H groups in total. The molecule has 17 heavy (non-hydrogen) atoms. The number of rotatable bonds is 4. The van der Waals surface area contributed by atoms with E-state index in [0.29, 0.717) is 18.4 Å². The third kappa shape index (κ3) is 3.32. The molecule has 0 saturated heterocycles. The van der Waals surface area contributed by atoms with Crippen molar-refractivity contribution >= 4 is 5.97 Å². The summed E-state index contributed by atoms with van der Waals surface area (Å²) in [5.74, 6) is 1.00. The fourth-order valence-corrected chi connectivity index (χ4v) is 2.61. The van der Waals surface area contributed by atoms with Crippen LogP contribution in [0.1, 0.15) is 33.6 Å². The Bertz CT molecular complexity index is 314. The SMILES string of the molecule is CC(C)(C)COCOC(=O)C1CC2C=CC1C2. The second-order valence-electron chi connectivity index (χ2n) is 6.38. The number of hydrogen-bond acceptors (Lipinski definition) is 3. The van der Waals surface area contributed by atoms with E-state index in [9.17, 15) is 4.79 Å². The number of hydrogen-bond donors (Lipinski definition) is 0. The van der Waals surface area contributed by atoms with E-state index in [1.807, 2.05) is 0 Å². The van der Waals surface area contributed by atoms with Crippen LogP contribution < -0.4 is 0 Å². The first-order valence-electron chi connectivity index (χ1n) is 6.38. The highest BCUT2D eigenvalue weighted by Crippen LogP contribution is 2.43. The summed E-state index contributed by atoms with van der Waals surface area (Å²) in [6, 6.07) is 0. The molecule has 2 aliphatic carbocycles. The molecule has 0 heterocycles. The number of esters is 1. The largest absolute Gasteiger partial charge is 0.438 e. The molecule has 0 aromatic carbocycles. The maximum absolute atomic E-state index is 11.8. The average molecular weight is 238 g/mol. The second kappa shape index (κ2) is 4.81. The number of carbonyl (C=O) groups is 1. The van der Waals surface area contributed by atoms with E-state index in [1.54, 1.807) is 0 Å². The number of ether oxygens (including phenoxy) is 2. The summed E-state index contributed by atoms with van der Waals surface area (Å²) in [4.78, 5) is 11.8. The number of allylic oxidation sites excluding steroid dienone is 2. The van der Waals surface area contributed by atoms with Gasteiger partial charge < -0.3 is 9.47 Å². The van der Waals surface area contributed by atoms with E-state index < -0.39 is 0 Å². The smallest absolute Gasteiger partial charge is 0.311 e. The highest BCUT2D eigenvalue weighted by atomic mass is 16.7. The van der Waals surface area contributed by atoms with Crippen molar-refractivity contribution in [2.75, 3.05) is 13.4 Å². The first kappa shape index (κ1) is 12.6. The predicted molar refractivity (Wildman–Crippen MR) is 65.2 cm³/mol. The van der Waals surface area contributed by atoms with E-state index in [2.05, 4.69) is 32.9 Å². The summed E-state index contributed by atoms with van der Waals surface area (Å²) in [6.07, 6.45) is 6.47. The molecule has 2 aliphatic rings. The minimum atomic E-state index is -0.0873. The summed E-state index contributed by atoms with van der Waals surface area (Å²) < 4.78 is 10.5. The first-order valence-corrected chi connectivity index (χ1v) is 6.38. The minimum absolute atomic E-state index is 0.0724. The maximum atomic E-state index is 11.8. The summed E-state index contributed by atoms with van der Waals surface area (Å²) in [7, 11) is 0. The molecule has 0 aromatic rings. The fraction of sp³-hybridized carbons (Fsp3) is 0.786. The van der Waals surface area contributed by atoms with Crippen molar-refractivity contribution in [1.29, 1.82) is 0 Å². The Hall–Kier alpha value is -0.830. The molecule has 2 bridgehead atoms. The van der Waals surface area contributed by atoms with Crippen LogP contribution in [0, 0.1) is 23.2 Å². The zero-order chi connectivity index (χ0) is 12.5. The average Bonchev–Trinajstić information content (AvgIpc) is 2.84. The van der Waals surface area contributed by atoms with Gasteiger partial charge >= 0.3 is 5.97 Å². The molecule has 96 valence electrons. The van der Waals surface area contributed by atoms with Crippen molar-refractivity contribution < 1.29 is 14.3 Å². The van der Waals surface area contributed by atoms with Crippen LogP contribution in [0.15, 0.2) is 12.2 Å². The Kier molecular flexibility index (Phi) is 3.57. The first-order chi connectivity index (χ1) is 7.96. The van der Waals surface area contributed by atoms with Gasteiger partial charge in [0.1, 0.15) is 0 Å². The zero-order valence-corrected chi connectivity index (χ0v) is 10.9. The van der Waals surface area contributed by atoms with E-state index in [-0.39, 0.29) is 24.1 Å². The maximum Gasteiger partial charge on any atom is 0.311 e. The molecule has 0 amide bonds. The molecule has 3 nitrogen and oxygen atoms in total. The molecule has 0 aromatic heterocycles. The van der Waals surface area contributed by atoms with Crippen LogP contribution in [0.3, 0.4) is 0 Å². The lowest BCUT2D eigenvalue weighted by Gasteiger charge is -2.19. The Labute approximate surface area is 103 Å². The molecule has 1 saturated carbocycles. The zero-order valence-electron chi connectivity index (χ0n) is 10.9. The lowest BCUT2D eigenvalue weighted by molar-refractivity contribution is -0.164. The van der Waals surface area contributed by atoms with Crippen molar-refractivity contribution in [3.63, 3.8) is 0 Å². The van der Waals surface area contributed by atoms with Gasteiger partial charge in [-0.3, -0.25) is 4.79 Å². The van der Waals surface area contributed by atoms with Gasteiger partial charge in [0.05, 0.1) is 12.5 Å². The summed E-state index contributed by atoms with van der Waals surface area (Å²) >= 11 is 0. The summed E-state index contributed by atoms with van der Waals surface area (Å²) in [6.45, 7) is 6.98. The van der Waals surface area contributed by atoms with Gasteiger partial charge in [-0.2, -0.15) is 0 Å². The molecular formula is C14H22O3. The van der Waals surface area contributed by atoms with Gasteiger partial charge in [0.25, 0.3) is 0 Å². The fourth-order valence-electron chi connectivity index (χ4n) is 2.61. The van der Waals surface area contributed by atoms with Crippen molar-refractivity contribution in [2.45, 2.75) is 33.6 Å². The molecule has 3 heteroatoms. The van der Waals surface area contributed by atoms with Crippen molar-refractivity contribution in [2.24, 2.45) is 23.2 Å². The van der Waals surface area contributed by atoms with Crippen LogP contribution in [0.2, 0.25) is 0 Å². The molecular weight excluding hydrogens is 216 g/mol. The standard InChI is InChI=1S/C14H22O3/c1-14(2,3)8-16-9-17-13(15)12-7-10-4-5-11(12)6-10/h4-5,10-12H,6-9H2,1-3H3. The predicted octanol–water partition coefficient (Wildman–Crippen LogP) is 2.76. The van der Waals surface area contributed by atoms with E-state index in [1.165, 1.54) is 0 Å². The van der Waals surface area contributed by atoms with Gasteiger partial charge in [-0.05, 0) is 30.1 Å². The van der Waals surface area contributed by atoms with Gasteiger partial charge in [0.15, 0.2) is 6.79 Å². The van der Waals surface area contributed by atoms with Crippen molar-refractivity contribution in [3.05, 3.63) is 12.2 Å². The lowest BCUT2D eigenvalue weighted by atomic mass is 9.94. The van der Waals surface area contributed by atoms with Crippen molar-refractivity contribution in [1.82, 2.24) is 0 Å². The second-order valence-corrected chi connectivity index (χ2v) is 6.38. The van der Waals surface area contributed by atoms with Crippen LogP contribution in [0.25, 0.3) is 0 Å². The lowest BCUT2D eigenvalue weighted by Crippen LogP contribution is -2.24. The Morgan fingerprint density at radius 1 is 1.29 bits per heavy atom. The van der Waals surface area contributed by atoms with Crippen molar-refractivity contribution in [3.8, 4) is 0 Å². The van der Waals surface area contributed by atoms with Gasteiger partial charge in [-0.25, -0.2) is 0 Å². The third-order valence-corrected chi connectivity index (χ3v) is 3.40. The molecule has 0 aliphatic heterocycles. The van der Waals surface area contributed by atoms with Gasteiger partial charge in [0.2, 0.25) is 0 Å². The Morgan fingerprint density at radius 2 is 2.06 bits per heavy atom. The van der Waals surface area contributed by atoms with Crippen LogP contribution in [-0.2, 0) is 14.3 Å². The van der Waals surface area contributed by atoms with Gasteiger partial charge in [0, 0.05) is 0 Å². The molecule has 3 unspecified atom stereocenters. The van der Waals surface area contributed by atoms with E-state index in [0.717, 1.165) is 12.8 Å². The van der Waals surface area contributed by atoms with Crippen LogP contribution >= 0.6 is 0 Å². The minimum Gasteiger partial charge on any atom is -0.438 e. The normalized spacial score (nSPS) is 30.9. The molecule has 2 rings (SSSR count). The van der Waals surface area contributed by atoms with Crippen LogP contribution in [-0.4, -0.2) is 19.4 Å². The quantitative estimate of drug-likeness (QED) is 0.327. The third-order valence-electron chi connectivity index (χ3n) is 3.40. The van der Waals surface area contributed by atoms with E-state index >= 15 is 0 Å². The van der Waals surface area contributed by atoms with E-state index in [4.69, 9.17) is 9.47 Å². The van der Waals surface area contributed by atoms with Crippen LogP contribution in [0.4, 0.5) is 0 Å². The Morgan fingerprint density at radius 3 is 2.59 bits per heavy atom. The summed E-state index contributed by atoms with van der Waals surface area (Å²) in [5, 5.41) is 0. The molecule has 1 fully saturated rings. The molecule has 0 spiro atoms. The monoisotopic (exact) mass is 238 g/mol. The molecule has 3 atom stereocenters. The van der Waals surface area contributed by atoms with Gasteiger partial charge in [-0.15, -0.1) is 0 Å². The van der Waals surface area contributed by atoms with Crippen LogP contribution in [0.5, 0.6) is 0 Å². The van der Waals surface area contributed by atoms with Gasteiger partial charge in [-0.1, -0.05) is 32.9 Å². The highest BCUT2D eigenvalue weighted by molar-refractivity contribution is 5.74. The number of fused-ring (bicyclic) bond motifs is 2. The highest BCUT2D eigenvalue weighted by Gasteiger charge is 2.40. The topological polar surface area (TPSA) is 35.5 Å². The number of carbonyl (C=O) groups excluding carboxylic acids is 1. The molecule has 0 radical (unpaired) electrons. The Balaban J connectivity index is 1.67.